The molecular formula is C8H8O4. The first kappa shape index (κ1) is 8.39. The maximum Gasteiger partial charge on any atom is 0.506 e. The molecule has 1 rings (SSSR count). The van der Waals surface area contributed by atoms with Crippen LogP contribution in [0.1, 0.15) is 5.56 Å². The van der Waals surface area contributed by atoms with Gasteiger partial charge >= 0.3 is 6.16 Å². The van der Waals surface area contributed by atoms with Crippen LogP contribution in [0.2, 0.25) is 0 Å². The van der Waals surface area contributed by atoms with E-state index in [2.05, 4.69) is 4.74 Å². The molecule has 0 fully saturated rings. The molecule has 0 saturated heterocycles. The number of rotatable bonds is 2. The largest absolute Gasteiger partial charge is 0.508 e. The van der Waals surface area contributed by atoms with Gasteiger partial charge in [-0.1, -0.05) is 12.1 Å². The minimum atomic E-state index is -1.30. The predicted molar refractivity (Wildman–Crippen MR) is 40.9 cm³/mol. The van der Waals surface area contributed by atoms with Crippen molar-refractivity contribution in [3.05, 3.63) is 29.8 Å². The fraction of sp³-hybridized carbons (Fsp3) is 0.125. The Bertz CT molecular complexity index is 265. The first-order chi connectivity index (χ1) is 5.68. The van der Waals surface area contributed by atoms with Crippen molar-refractivity contribution in [3.63, 3.8) is 0 Å². The lowest BCUT2D eigenvalue weighted by molar-refractivity contribution is 0.0854. The van der Waals surface area contributed by atoms with Gasteiger partial charge in [0.25, 0.3) is 0 Å². The molecule has 0 bridgehead atoms. The molecule has 64 valence electrons. The van der Waals surface area contributed by atoms with E-state index in [9.17, 15) is 4.79 Å². The van der Waals surface area contributed by atoms with Crippen LogP contribution in [0.4, 0.5) is 4.79 Å². The Morgan fingerprint density at radius 1 is 1.33 bits per heavy atom. The van der Waals surface area contributed by atoms with Crippen molar-refractivity contribution in [3.8, 4) is 5.75 Å². The molecule has 0 aliphatic rings. The van der Waals surface area contributed by atoms with Crippen LogP contribution in [-0.4, -0.2) is 16.4 Å². The molecule has 0 aliphatic heterocycles. The fourth-order valence-corrected chi connectivity index (χ4v) is 0.737. The normalized spacial score (nSPS) is 9.33. The van der Waals surface area contributed by atoms with E-state index < -0.39 is 6.16 Å². The molecule has 0 aliphatic carbocycles. The summed E-state index contributed by atoms with van der Waals surface area (Å²) in [6.45, 7) is 0.00954. The second kappa shape index (κ2) is 3.61. The van der Waals surface area contributed by atoms with Crippen LogP contribution in [0, 0.1) is 0 Å². The Kier molecular flexibility index (Phi) is 2.53. The number of carboxylic acid groups (broad SMARTS) is 1. The first-order valence-electron chi connectivity index (χ1n) is 3.32. The molecule has 1 aromatic carbocycles. The highest BCUT2D eigenvalue weighted by Crippen LogP contribution is 2.10. The summed E-state index contributed by atoms with van der Waals surface area (Å²) in [7, 11) is 0. The van der Waals surface area contributed by atoms with Crippen molar-refractivity contribution in [1.29, 1.82) is 0 Å². The molecule has 2 N–H and O–H groups in total. The lowest BCUT2D eigenvalue weighted by atomic mass is 10.2. The van der Waals surface area contributed by atoms with Gasteiger partial charge in [-0.2, -0.15) is 0 Å². The standard InChI is InChI=1S/C8H8O4/c9-7-3-1-6(2-4-7)5-12-8(10)11/h1-4,9H,5H2,(H,10,11). The highest BCUT2D eigenvalue weighted by Gasteiger charge is 1.97. The average molecular weight is 168 g/mol. The Hall–Kier alpha value is -1.71. The summed E-state index contributed by atoms with van der Waals surface area (Å²) in [4.78, 5) is 9.97. The molecule has 1 aromatic rings. The highest BCUT2D eigenvalue weighted by atomic mass is 16.7. The molecule has 4 nitrogen and oxygen atoms in total. The molecule has 0 amide bonds. The van der Waals surface area contributed by atoms with Crippen molar-refractivity contribution in [2.75, 3.05) is 0 Å². The van der Waals surface area contributed by atoms with Crippen molar-refractivity contribution >= 4 is 6.16 Å². The molecule has 0 unspecified atom stereocenters. The number of hydrogen-bond donors (Lipinski definition) is 2. The number of phenols is 1. The zero-order valence-electron chi connectivity index (χ0n) is 6.23. The topological polar surface area (TPSA) is 66.8 Å². The number of phenolic OH excluding ortho intramolecular Hbond substituents is 1. The molecule has 0 aromatic heterocycles. The molecule has 12 heavy (non-hydrogen) atoms. The van der Waals surface area contributed by atoms with E-state index in [0.29, 0.717) is 5.56 Å². The van der Waals surface area contributed by atoms with Crippen molar-refractivity contribution in [1.82, 2.24) is 0 Å². The predicted octanol–water partition coefficient (Wildman–Crippen LogP) is 1.59. The van der Waals surface area contributed by atoms with Crippen LogP contribution in [0.3, 0.4) is 0 Å². The van der Waals surface area contributed by atoms with E-state index in [1.807, 2.05) is 0 Å². The smallest absolute Gasteiger partial charge is 0.506 e. The van der Waals surface area contributed by atoms with Gasteiger partial charge in [0.15, 0.2) is 0 Å². The lowest BCUT2D eigenvalue weighted by Gasteiger charge is -1.99. The van der Waals surface area contributed by atoms with Gasteiger partial charge in [0.2, 0.25) is 0 Å². The Morgan fingerprint density at radius 3 is 2.42 bits per heavy atom. The summed E-state index contributed by atoms with van der Waals surface area (Å²) in [5.74, 6) is 0.147. The lowest BCUT2D eigenvalue weighted by Crippen LogP contribution is -1.99. The van der Waals surface area contributed by atoms with Crippen LogP contribution in [-0.2, 0) is 11.3 Å². The Labute approximate surface area is 69.0 Å². The Morgan fingerprint density at radius 2 is 1.92 bits per heavy atom. The van der Waals surface area contributed by atoms with Gasteiger partial charge in [0.1, 0.15) is 12.4 Å². The van der Waals surface area contributed by atoms with Crippen molar-refractivity contribution < 1.29 is 19.7 Å². The molecule has 0 atom stereocenters. The van der Waals surface area contributed by atoms with Gasteiger partial charge in [-0.25, -0.2) is 4.79 Å². The number of aromatic hydroxyl groups is 1. The first-order valence-corrected chi connectivity index (χ1v) is 3.32. The monoisotopic (exact) mass is 168 g/mol. The quantitative estimate of drug-likeness (QED) is 0.658. The minimum Gasteiger partial charge on any atom is -0.508 e. The average Bonchev–Trinajstić information content (AvgIpc) is 2.03. The third-order valence-corrected chi connectivity index (χ3v) is 1.30. The van der Waals surface area contributed by atoms with Crippen LogP contribution < -0.4 is 0 Å². The second-order valence-electron chi connectivity index (χ2n) is 2.22. The van der Waals surface area contributed by atoms with Crippen LogP contribution in [0.5, 0.6) is 5.75 Å². The molecule has 4 heteroatoms. The zero-order chi connectivity index (χ0) is 8.97. The van der Waals surface area contributed by atoms with E-state index in [1.165, 1.54) is 12.1 Å². The summed E-state index contributed by atoms with van der Waals surface area (Å²) >= 11 is 0. The molecule has 0 radical (unpaired) electrons. The number of benzene rings is 1. The molecule has 0 saturated carbocycles. The third-order valence-electron chi connectivity index (χ3n) is 1.30. The Balaban J connectivity index is 2.53. The minimum absolute atomic E-state index is 0.00954. The van der Waals surface area contributed by atoms with Crippen LogP contribution >= 0.6 is 0 Å². The molecular weight excluding hydrogens is 160 g/mol. The van der Waals surface area contributed by atoms with E-state index in [1.54, 1.807) is 12.1 Å². The number of ether oxygens (including phenoxy) is 1. The summed E-state index contributed by atoms with van der Waals surface area (Å²) < 4.78 is 4.30. The zero-order valence-corrected chi connectivity index (χ0v) is 6.23. The fourth-order valence-electron chi connectivity index (χ4n) is 0.737. The number of hydrogen-bond acceptors (Lipinski definition) is 3. The second-order valence-corrected chi connectivity index (χ2v) is 2.22. The van der Waals surface area contributed by atoms with E-state index in [-0.39, 0.29) is 12.4 Å². The van der Waals surface area contributed by atoms with Crippen LogP contribution in [0.15, 0.2) is 24.3 Å². The van der Waals surface area contributed by atoms with E-state index >= 15 is 0 Å². The summed E-state index contributed by atoms with van der Waals surface area (Å²) in [5.41, 5.74) is 0.704. The third kappa shape index (κ3) is 2.49. The summed E-state index contributed by atoms with van der Waals surface area (Å²) in [6.07, 6.45) is -1.30. The molecule has 0 spiro atoms. The van der Waals surface area contributed by atoms with Gasteiger partial charge in [0.05, 0.1) is 0 Å². The maximum absolute atomic E-state index is 9.97. The van der Waals surface area contributed by atoms with Gasteiger partial charge in [-0.3, -0.25) is 0 Å². The van der Waals surface area contributed by atoms with E-state index in [4.69, 9.17) is 10.2 Å². The summed E-state index contributed by atoms with van der Waals surface area (Å²) in [6, 6.07) is 6.14. The van der Waals surface area contributed by atoms with Gasteiger partial charge in [-0.15, -0.1) is 0 Å². The van der Waals surface area contributed by atoms with Crippen LogP contribution in [0.25, 0.3) is 0 Å². The summed E-state index contributed by atoms with van der Waals surface area (Å²) in [5, 5.41) is 17.0. The van der Waals surface area contributed by atoms with Gasteiger partial charge in [-0.05, 0) is 17.7 Å². The number of carbonyl (C=O) groups is 1. The maximum atomic E-state index is 9.97. The van der Waals surface area contributed by atoms with Gasteiger partial charge < -0.3 is 14.9 Å². The highest BCUT2D eigenvalue weighted by molar-refractivity contribution is 5.56. The van der Waals surface area contributed by atoms with E-state index in [0.717, 1.165) is 0 Å². The van der Waals surface area contributed by atoms with Crippen molar-refractivity contribution in [2.45, 2.75) is 6.61 Å². The molecule has 0 heterocycles. The SMILES string of the molecule is O=C(O)OCc1ccc(O)cc1. The van der Waals surface area contributed by atoms with Crippen molar-refractivity contribution in [2.24, 2.45) is 0 Å². The van der Waals surface area contributed by atoms with Gasteiger partial charge in [0, 0.05) is 0 Å².